The molecule has 5 nitrogen and oxygen atoms in total. The van der Waals surface area contributed by atoms with Gasteiger partial charge in [-0.3, -0.25) is 5.41 Å². The second kappa shape index (κ2) is 17.1. The zero-order valence-corrected chi connectivity index (χ0v) is 9.20. The molecule has 6 heteroatoms. The third kappa shape index (κ3) is 714. The average Bonchev–Trinajstić information content (AvgIpc) is 1.54. The lowest BCUT2D eigenvalue weighted by molar-refractivity contribution is -0.115. The van der Waals surface area contributed by atoms with Gasteiger partial charge in [0.25, 0.3) is 0 Å². The summed E-state index contributed by atoms with van der Waals surface area (Å²) in [4.78, 5) is 18.9. The van der Waals surface area contributed by atoms with Crippen LogP contribution >= 0.6 is 12.4 Å². The van der Waals surface area contributed by atoms with Crippen molar-refractivity contribution in [2.75, 3.05) is 0 Å². The maximum Gasteiger partial charge on any atom is 0.183 e. The van der Waals surface area contributed by atoms with Gasteiger partial charge in [0.05, 0.1) is 0 Å². The van der Waals surface area contributed by atoms with Crippen LogP contribution in [0, 0.1) is 5.41 Å². The van der Waals surface area contributed by atoms with E-state index in [2.05, 4.69) is 11.5 Å². The van der Waals surface area contributed by atoms with Crippen LogP contribution in [0.25, 0.3) is 0 Å². The van der Waals surface area contributed by atoms with E-state index in [4.69, 9.17) is 5.41 Å². The number of guanidine groups is 1. The summed E-state index contributed by atoms with van der Waals surface area (Å²) in [6.45, 7) is 6.11. The summed E-state index contributed by atoms with van der Waals surface area (Å²) in [5, 5.41) is 6.06. The molecule has 0 saturated heterocycles. The molecule has 13 heavy (non-hydrogen) atoms. The van der Waals surface area contributed by atoms with Crippen molar-refractivity contribution in [3.8, 4) is 0 Å². The van der Waals surface area contributed by atoms with Crippen LogP contribution in [0.5, 0.6) is 0 Å². The van der Waals surface area contributed by atoms with Gasteiger partial charge in [-0.1, -0.05) is 0 Å². The third-order valence-electron chi connectivity index (χ3n) is 0. The zero-order chi connectivity index (χ0) is 10.7. The van der Waals surface area contributed by atoms with Crippen LogP contribution < -0.4 is 11.5 Å². The second-order valence-corrected chi connectivity index (χ2v) is 2.27. The molecule has 0 aromatic carbocycles. The van der Waals surface area contributed by atoms with Crippen molar-refractivity contribution in [2.24, 2.45) is 11.5 Å². The Hall–Kier alpha value is -1.10. The highest BCUT2D eigenvalue weighted by Gasteiger charge is 1.62. The Balaban J connectivity index is -0.0000000450. The Morgan fingerprint density at radius 2 is 0.923 bits per heavy atom. The molecule has 0 bridgehead atoms. The van der Waals surface area contributed by atoms with E-state index in [0.717, 1.165) is 0 Å². The highest BCUT2D eigenvalue weighted by molar-refractivity contribution is 5.85. The van der Waals surface area contributed by atoms with Crippen molar-refractivity contribution in [1.82, 2.24) is 0 Å². The van der Waals surface area contributed by atoms with Crippen LogP contribution in [-0.4, -0.2) is 17.5 Å². The minimum Gasteiger partial charge on any atom is -0.370 e. The molecular formula is C7H18ClN3O2. The summed E-state index contributed by atoms with van der Waals surface area (Å²) in [7, 11) is 0. The average molecular weight is 212 g/mol. The molecule has 0 aliphatic carbocycles. The van der Waals surface area contributed by atoms with E-state index in [1.807, 2.05) is 0 Å². The summed E-state index contributed by atoms with van der Waals surface area (Å²) in [5.41, 5.74) is 8.94. The van der Waals surface area contributed by atoms with E-state index < -0.39 is 0 Å². The molecule has 0 aliphatic rings. The lowest BCUT2D eigenvalue weighted by atomic mass is 10.6. The summed E-state index contributed by atoms with van der Waals surface area (Å²) >= 11 is 0. The molecular weight excluding hydrogens is 194 g/mol. The fraction of sp³-hybridized carbons (Fsp3) is 0.571. The first kappa shape index (κ1) is 22.7. The Kier molecular flexibility index (Phi) is 29.8. The van der Waals surface area contributed by atoms with Crippen LogP contribution in [0.1, 0.15) is 27.7 Å². The van der Waals surface area contributed by atoms with Crippen LogP contribution in [0.15, 0.2) is 0 Å². The Morgan fingerprint density at radius 1 is 0.923 bits per heavy atom. The molecule has 0 spiro atoms. The van der Waals surface area contributed by atoms with Crippen LogP contribution in [0.4, 0.5) is 0 Å². The SMILES string of the molecule is CC(C)=O.CC(C)=O.Cl.N=C(N)N. The lowest BCUT2D eigenvalue weighted by Crippen LogP contribution is -2.20. The van der Waals surface area contributed by atoms with Crippen LogP contribution in [0.2, 0.25) is 0 Å². The van der Waals surface area contributed by atoms with Crippen molar-refractivity contribution in [2.45, 2.75) is 27.7 Å². The van der Waals surface area contributed by atoms with Crippen molar-refractivity contribution in [3.63, 3.8) is 0 Å². The van der Waals surface area contributed by atoms with Gasteiger partial charge in [0.1, 0.15) is 11.6 Å². The highest BCUT2D eigenvalue weighted by Crippen LogP contribution is 1.50. The van der Waals surface area contributed by atoms with Gasteiger partial charge in [-0.05, 0) is 27.7 Å². The second-order valence-electron chi connectivity index (χ2n) is 2.27. The smallest absolute Gasteiger partial charge is 0.183 e. The molecule has 0 rings (SSSR count). The Labute approximate surface area is 84.8 Å². The predicted molar refractivity (Wildman–Crippen MR) is 56.1 cm³/mol. The third-order valence-corrected chi connectivity index (χ3v) is 0. The molecule has 0 amide bonds. The van der Waals surface area contributed by atoms with Crippen LogP contribution in [0.3, 0.4) is 0 Å². The van der Waals surface area contributed by atoms with Gasteiger partial charge in [-0.2, -0.15) is 0 Å². The van der Waals surface area contributed by atoms with E-state index in [1.54, 1.807) is 0 Å². The van der Waals surface area contributed by atoms with Gasteiger partial charge in [0.15, 0.2) is 5.96 Å². The number of halogens is 1. The molecule has 0 saturated carbocycles. The Morgan fingerprint density at radius 3 is 0.923 bits per heavy atom. The normalized spacial score (nSPS) is 5.85. The molecule has 0 radical (unpaired) electrons. The molecule has 0 heterocycles. The maximum absolute atomic E-state index is 9.44. The summed E-state index contributed by atoms with van der Waals surface area (Å²) in [5.74, 6) is 0.000000000000000444. The van der Waals surface area contributed by atoms with Crippen molar-refractivity contribution in [3.05, 3.63) is 0 Å². The number of hydrogen-bond acceptors (Lipinski definition) is 3. The van der Waals surface area contributed by atoms with Crippen molar-refractivity contribution >= 4 is 29.9 Å². The van der Waals surface area contributed by atoms with Crippen molar-refractivity contribution < 1.29 is 9.59 Å². The highest BCUT2D eigenvalue weighted by atomic mass is 35.5. The van der Waals surface area contributed by atoms with Gasteiger partial charge in [0, 0.05) is 0 Å². The molecule has 0 aromatic heterocycles. The van der Waals surface area contributed by atoms with E-state index >= 15 is 0 Å². The first-order valence-electron chi connectivity index (χ1n) is 3.24. The van der Waals surface area contributed by atoms with E-state index in [0.29, 0.717) is 0 Å². The minimum absolute atomic E-state index is 0. The number of nitrogens with two attached hydrogens (primary N) is 2. The van der Waals surface area contributed by atoms with Crippen molar-refractivity contribution in [1.29, 1.82) is 5.41 Å². The largest absolute Gasteiger partial charge is 0.370 e. The summed E-state index contributed by atoms with van der Waals surface area (Å²) in [6.07, 6.45) is 0. The zero-order valence-electron chi connectivity index (χ0n) is 8.38. The number of hydrogen-bond donors (Lipinski definition) is 3. The predicted octanol–water partition coefficient (Wildman–Crippen LogP) is 0.451. The van der Waals surface area contributed by atoms with Gasteiger partial charge >= 0.3 is 0 Å². The molecule has 0 atom stereocenters. The standard InChI is InChI=1S/2C3H6O.CH5N3.ClH/c2*1-3(2)4;2-1(3)4;/h2*1-2H3;(H5,2,3,4);1H. The molecule has 0 fully saturated rings. The molecule has 0 aliphatic heterocycles. The molecule has 80 valence electrons. The lowest BCUT2D eigenvalue weighted by Gasteiger charge is -1.69. The number of carbonyl (C=O) groups excluding carboxylic acids is 2. The Bertz CT molecular complexity index is 119. The van der Waals surface area contributed by atoms with Gasteiger partial charge in [-0.15, -0.1) is 12.4 Å². The maximum atomic E-state index is 9.44. The number of nitrogens with one attached hydrogen (secondary N) is 1. The minimum atomic E-state index is -0.333. The number of ketones is 2. The van der Waals surface area contributed by atoms with Gasteiger partial charge in [0.2, 0.25) is 0 Å². The summed E-state index contributed by atoms with van der Waals surface area (Å²) in [6, 6.07) is 0. The van der Waals surface area contributed by atoms with Gasteiger partial charge in [-0.25, -0.2) is 0 Å². The number of Topliss-reactive ketones (excluding diaryl/α,β-unsaturated/α-hetero) is 2. The number of rotatable bonds is 0. The quantitative estimate of drug-likeness (QED) is 0.399. The molecule has 0 aromatic rings. The van der Waals surface area contributed by atoms with E-state index in [-0.39, 0.29) is 29.9 Å². The molecule has 0 unspecified atom stereocenters. The van der Waals surface area contributed by atoms with E-state index in [9.17, 15) is 9.59 Å². The first-order chi connectivity index (χ1) is 5.20. The monoisotopic (exact) mass is 211 g/mol. The molecule has 5 N–H and O–H groups in total. The fourth-order valence-electron chi connectivity index (χ4n) is 0. The summed E-state index contributed by atoms with van der Waals surface area (Å²) < 4.78 is 0. The fourth-order valence-corrected chi connectivity index (χ4v) is 0. The first-order valence-corrected chi connectivity index (χ1v) is 3.24. The number of carbonyl (C=O) groups is 2. The van der Waals surface area contributed by atoms with Gasteiger partial charge < -0.3 is 21.1 Å². The van der Waals surface area contributed by atoms with E-state index in [1.165, 1.54) is 27.7 Å². The van der Waals surface area contributed by atoms with Crippen LogP contribution in [-0.2, 0) is 9.59 Å². The topological polar surface area (TPSA) is 110 Å².